The molecule has 1 aromatic rings. The lowest BCUT2D eigenvalue weighted by Crippen LogP contribution is -2.35. The third-order valence-corrected chi connectivity index (χ3v) is 3.22. The number of anilines is 1. The predicted octanol–water partition coefficient (Wildman–Crippen LogP) is 1.82. The first-order chi connectivity index (χ1) is 8.33. The molecule has 1 fully saturated rings. The summed E-state index contributed by atoms with van der Waals surface area (Å²) in [7, 11) is 1.76. The van der Waals surface area contributed by atoms with E-state index in [4.69, 9.17) is 10.00 Å². The van der Waals surface area contributed by atoms with Gasteiger partial charge in [0.25, 0.3) is 0 Å². The van der Waals surface area contributed by atoms with Crippen molar-refractivity contribution in [3.05, 3.63) is 23.9 Å². The number of rotatable bonds is 3. The number of piperidine rings is 1. The highest BCUT2D eigenvalue weighted by atomic mass is 16.5. The van der Waals surface area contributed by atoms with Gasteiger partial charge < -0.3 is 9.64 Å². The summed E-state index contributed by atoms with van der Waals surface area (Å²) in [6, 6.07) is 5.83. The van der Waals surface area contributed by atoms with E-state index in [0.717, 1.165) is 38.4 Å². The van der Waals surface area contributed by atoms with Crippen LogP contribution in [0.2, 0.25) is 0 Å². The summed E-state index contributed by atoms with van der Waals surface area (Å²) < 4.78 is 5.18. The Bertz CT molecular complexity index is 388. The molecule has 2 heterocycles. The zero-order valence-electron chi connectivity index (χ0n) is 10.1. The third-order valence-electron chi connectivity index (χ3n) is 3.22. The van der Waals surface area contributed by atoms with Crippen LogP contribution < -0.4 is 4.90 Å². The van der Waals surface area contributed by atoms with E-state index in [0.29, 0.717) is 11.5 Å². The molecule has 17 heavy (non-hydrogen) atoms. The average molecular weight is 231 g/mol. The van der Waals surface area contributed by atoms with E-state index in [-0.39, 0.29) is 0 Å². The quantitative estimate of drug-likeness (QED) is 0.796. The van der Waals surface area contributed by atoms with Crippen molar-refractivity contribution >= 4 is 5.82 Å². The zero-order chi connectivity index (χ0) is 12.1. The lowest BCUT2D eigenvalue weighted by molar-refractivity contribution is 0.139. The molecule has 0 radical (unpaired) electrons. The minimum Gasteiger partial charge on any atom is -0.384 e. The van der Waals surface area contributed by atoms with Gasteiger partial charge in [0.05, 0.1) is 5.56 Å². The summed E-state index contributed by atoms with van der Waals surface area (Å²) in [5, 5.41) is 8.72. The van der Waals surface area contributed by atoms with Gasteiger partial charge in [0, 0.05) is 33.0 Å². The Morgan fingerprint density at radius 2 is 2.24 bits per heavy atom. The highest BCUT2D eigenvalue weighted by Crippen LogP contribution is 2.21. The van der Waals surface area contributed by atoms with Crippen molar-refractivity contribution in [2.45, 2.75) is 12.8 Å². The Morgan fingerprint density at radius 3 is 2.76 bits per heavy atom. The maximum Gasteiger partial charge on any atom is 0.128 e. The second-order valence-corrected chi connectivity index (χ2v) is 4.40. The molecule has 0 spiro atoms. The van der Waals surface area contributed by atoms with Crippen molar-refractivity contribution in [2.24, 2.45) is 5.92 Å². The SMILES string of the molecule is COCC1CCN(c2ccc(C#N)cn2)CC1. The van der Waals surface area contributed by atoms with Crippen molar-refractivity contribution in [1.82, 2.24) is 4.98 Å². The number of hydrogen-bond donors (Lipinski definition) is 0. The highest BCUT2D eigenvalue weighted by Gasteiger charge is 2.19. The first-order valence-corrected chi connectivity index (χ1v) is 5.93. The van der Waals surface area contributed by atoms with Gasteiger partial charge in [-0.3, -0.25) is 0 Å². The minimum atomic E-state index is 0.614. The van der Waals surface area contributed by atoms with Gasteiger partial charge in [0.1, 0.15) is 11.9 Å². The molecule has 0 atom stereocenters. The van der Waals surface area contributed by atoms with Crippen molar-refractivity contribution < 1.29 is 4.74 Å². The van der Waals surface area contributed by atoms with E-state index in [1.807, 2.05) is 12.1 Å². The molecule has 0 unspecified atom stereocenters. The van der Waals surface area contributed by atoms with Crippen LogP contribution in [0.25, 0.3) is 0 Å². The van der Waals surface area contributed by atoms with Crippen molar-refractivity contribution in [3.63, 3.8) is 0 Å². The molecule has 0 amide bonds. The molecule has 0 N–H and O–H groups in total. The van der Waals surface area contributed by atoms with Crippen LogP contribution in [0.5, 0.6) is 0 Å². The van der Waals surface area contributed by atoms with Gasteiger partial charge in [0.2, 0.25) is 0 Å². The fraction of sp³-hybridized carbons (Fsp3) is 0.538. The maximum absolute atomic E-state index is 8.72. The van der Waals surface area contributed by atoms with Gasteiger partial charge >= 0.3 is 0 Å². The number of methoxy groups -OCH3 is 1. The van der Waals surface area contributed by atoms with Crippen molar-refractivity contribution in [2.75, 3.05) is 31.7 Å². The Hall–Kier alpha value is -1.60. The van der Waals surface area contributed by atoms with Gasteiger partial charge in [-0.2, -0.15) is 5.26 Å². The lowest BCUT2D eigenvalue weighted by Gasteiger charge is -2.32. The molecular weight excluding hydrogens is 214 g/mol. The fourth-order valence-corrected chi connectivity index (χ4v) is 2.20. The van der Waals surface area contributed by atoms with Gasteiger partial charge in [-0.25, -0.2) is 4.98 Å². The van der Waals surface area contributed by atoms with Crippen LogP contribution >= 0.6 is 0 Å². The van der Waals surface area contributed by atoms with E-state index in [1.54, 1.807) is 13.3 Å². The van der Waals surface area contributed by atoms with Crippen LogP contribution in [-0.4, -0.2) is 31.8 Å². The number of aromatic nitrogens is 1. The Kier molecular flexibility index (Phi) is 3.94. The molecule has 0 bridgehead atoms. The summed E-state index contributed by atoms with van der Waals surface area (Å²) in [5.74, 6) is 1.65. The second-order valence-electron chi connectivity index (χ2n) is 4.40. The normalized spacial score (nSPS) is 16.8. The van der Waals surface area contributed by atoms with Gasteiger partial charge in [-0.1, -0.05) is 0 Å². The number of nitriles is 1. The van der Waals surface area contributed by atoms with E-state index in [9.17, 15) is 0 Å². The summed E-state index contributed by atoms with van der Waals surface area (Å²) in [6.45, 7) is 2.90. The summed E-state index contributed by atoms with van der Waals surface area (Å²) in [5.41, 5.74) is 0.614. The molecule has 2 rings (SSSR count). The predicted molar refractivity (Wildman–Crippen MR) is 65.8 cm³/mol. The smallest absolute Gasteiger partial charge is 0.128 e. The minimum absolute atomic E-state index is 0.614. The summed E-state index contributed by atoms with van der Waals surface area (Å²) >= 11 is 0. The van der Waals surface area contributed by atoms with Gasteiger partial charge in [-0.15, -0.1) is 0 Å². The van der Waals surface area contributed by atoms with Gasteiger partial charge in [-0.05, 0) is 30.9 Å². The van der Waals surface area contributed by atoms with Crippen LogP contribution in [-0.2, 0) is 4.74 Å². The van der Waals surface area contributed by atoms with Crippen LogP contribution in [0.15, 0.2) is 18.3 Å². The molecule has 4 heteroatoms. The molecular formula is C13H17N3O. The lowest BCUT2D eigenvalue weighted by atomic mass is 9.98. The number of nitrogens with zero attached hydrogens (tertiary/aromatic N) is 3. The van der Waals surface area contributed by atoms with E-state index in [2.05, 4.69) is 16.0 Å². The average Bonchev–Trinajstić information content (AvgIpc) is 2.40. The topological polar surface area (TPSA) is 49.1 Å². The number of ether oxygens (including phenoxy) is 1. The number of hydrogen-bond acceptors (Lipinski definition) is 4. The Morgan fingerprint density at radius 1 is 1.47 bits per heavy atom. The van der Waals surface area contributed by atoms with Crippen LogP contribution in [0, 0.1) is 17.2 Å². The molecule has 1 saturated heterocycles. The molecule has 4 nitrogen and oxygen atoms in total. The van der Waals surface area contributed by atoms with Crippen LogP contribution in [0.3, 0.4) is 0 Å². The number of pyridine rings is 1. The summed E-state index contributed by atoms with van der Waals surface area (Å²) in [6.07, 6.45) is 3.93. The van der Waals surface area contributed by atoms with E-state index >= 15 is 0 Å². The zero-order valence-corrected chi connectivity index (χ0v) is 10.1. The Labute approximate surface area is 102 Å². The third kappa shape index (κ3) is 2.95. The molecule has 0 aliphatic carbocycles. The maximum atomic E-state index is 8.72. The second kappa shape index (κ2) is 5.65. The standard InChI is InChI=1S/C13H17N3O/c1-17-10-11-4-6-16(7-5-11)13-3-2-12(8-14)9-15-13/h2-3,9,11H,4-7,10H2,1H3. The van der Waals surface area contributed by atoms with Gasteiger partial charge in [0.15, 0.2) is 0 Å². The monoisotopic (exact) mass is 231 g/mol. The first kappa shape index (κ1) is 11.9. The molecule has 90 valence electrons. The van der Waals surface area contributed by atoms with E-state index in [1.165, 1.54) is 0 Å². The Balaban J connectivity index is 1.94. The molecule has 0 aromatic carbocycles. The van der Waals surface area contributed by atoms with Crippen molar-refractivity contribution in [3.8, 4) is 6.07 Å². The first-order valence-electron chi connectivity index (χ1n) is 5.93. The van der Waals surface area contributed by atoms with Crippen LogP contribution in [0.1, 0.15) is 18.4 Å². The fourth-order valence-electron chi connectivity index (χ4n) is 2.20. The largest absolute Gasteiger partial charge is 0.384 e. The van der Waals surface area contributed by atoms with Crippen molar-refractivity contribution in [1.29, 1.82) is 5.26 Å². The van der Waals surface area contributed by atoms with Crippen LogP contribution in [0.4, 0.5) is 5.82 Å². The molecule has 1 aliphatic heterocycles. The molecule has 1 aliphatic rings. The molecule has 0 saturated carbocycles. The highest BCUT2D eigenvalue weighted by molar-refractivity contribution is 5.42. The molecule has 1 aromatic heterocycles. The van der Waals surface area contributed by atoms with E-state index < -0.39 is 0 Å². The summed E-state index contributed by atoms with van der Waals surface area (Å²) in [4.78, 5) is 6.59.